The van der Waals surface area contributed by atoms with Gasteiger partial charge in [0.25, 0.3) is 0 Å². The smallest absolute Gasteiger partial charge is 0.00655 e. The second-order valence-corrected chi connectivity index (χ2v) is 5.81. The van der Waals surface area contributed by atoms with Gasteiger partial charge in [0.05, 0.1) is 0 Å². The quantitative estimate of drug-likeness (QED) is 0.472. The molecule has 1 atom stereocenters. The molecule has 0 amide bonds. The largest absolute Gasteiger partial charge is 0.0745 e. The molecule has 1 aromatic carbocycles. The fraction of sp³-hybridized carbons (Fsp3) is 0.368. The Morgan fingerprint density at radius 2 is 1.79 bits per heavy atom. The van der Waals surface area contributed by atoms with Crippen LogP contribution in [0.3, 0.4) is 0 Å². The van der Waals surface area contributed by atoms with Gasteiger partial charge in [-0.25, -0.2) is 0 Å². The molecule has 0 spiro atoms. The Bertz CT molecular complexity index is 502. The summed E-state index contributed by atoms with van der Waals surface area (Å²) in [5.74, 6) is 0. The fourth-order valence-electron chi connectivity index (χ4n) is 2.79. The average Bonchev–Trinajstić information content (AvgIpc) is 2.42. The van der Waals surface area contributed by atoms with E-state index in [-0.39, 0.29) is 5.41 Å². The lowest BCUT2D eigenvalue weighted by Gasteiger charge is -2.33. The van der Waals surface area contributed by atoms with Crippen molar-refractivity contribution in [2.75, 3.05) is 0 Å². The van der Waals surface area contributed by atoms with Crippen LogP contribution in [0.25, 0.3) is 6.08 Å². The van der Waals surface area contributed by atoms with Crippen LogP contribution in [0, 0.1) is 5.41 Å². The van der Waals surface area contributed by atoms with Crippen molar-refractivity contribution in [2.24, 2.45) is 5.41 Å². The lowest BCUT2D eigenvalue weighted by atomic mass is 9.72. The van der Waals surface area contributed by atoms with E-state index in [9.17, 15) is 0 Å². The highest BCUT2D eigenvalue weighted by atomic mass is 14.3. The van der Waals surface area contributed by atoms with Crippen molar-refractivity contribution < 1.29 is 0 Å². The molecule has 0 N–H and O–H groups in total. The molecule has 1 unspecified atom stereocenters. The molecule has 1 aliphatic rings. The van der Waals surface area contributed by atoms with Crippen molar-refractivity contribution in [3.05, 3.63) is 65.3 Å². The Morgan fingerprint density at radius 1 is 1.05 bits per heavy atom. The van der Waals surface area contributed by atoms with E-state index < -0.39 is 0 Å². The van der Waals surface area contributed by atoms with Crippen LogP contribution < -0.4 is 0 Å². The van der Waals surface area contributed by atoms with Crippen LogP contribution >= 0.6 is 0 Å². The standard InChI is InChI=1S/C19H24/c1-16-10-9-15-19(3,17(16)2)14-8-7-13-18-11-5-4-6-12-18/h4-8,11-14H,9-10,15H2,1-3H3. The molecule has 100 valence electrons. The first-order chi connectivity index (χ1) is 9.12. The molecular formula is C19H24. The zero-order valence-electron chi connectivity index (χ0n) is 12.3. The molecule has 19 heavy (non-hydrogen) atoms. The number of allylic oxidation sites excluding steroid dienone is 5. The van der Waals surface area contributed by atoms with Gasteiger partial charge >= 0.3 is 0 Å². The van der Waals surface area contributed by atoms with Gasteiger partial charge in [0, 0.05) is 5.41 Å². The third-order valence-electron chi connectivity index (χ3n) is 4.41. The van der Waals surface area contributed by atoms with Crippen molar-refractivity contribution in [1.82, 2.24) is 0 Å². The predicted octanol–water partition coefficient (Wildman–Crippen LogP) is 5.78. The van der Waals surface area contributed by atoms with Crippen LogP contribution in [0.2, 0.25) is 0 Å². The Kier molecular flexibility index (Phi) is 4.42. The molecule has 0 bridgehead atoms. The van der Waals surface area contributed by atoms with E-state index >= 15 is 0 Å². The van der Waals surface area contributed by atoms with Gasteiger partial charge in [0.1, 0.15) is 0 Å². The van der Waals surface area contributed by atoms with Crippen LogP contribution in [0.1, 0.15) is 45.6 Å². The van der Waals surface area contributed by atoms with Crippen LogP contribution in [-0.2, 0) is 0 Å². The van der Waals surface area contributed by atoms with E-state index in [0.29, 0.717) is 0 Å². The lowest BCUT2D eigenvalue weighted by molar-refractivity contribution is 0.418. The highest BCUT2D eigenvalue weighted by molar-refractivity contribution is 5.50. The second-order valence-electron chi connectivity index (χ2n) is 5.81. The van der Waals surface area contributed by atoms with E-state index in [1.807, 2.05) is 6.07 Å². The van der Waals surface area contributed by atoms with Gasteiger partial charge < -0.3 is 0 Å². The highest BCUT2D eigenvalue weighted by Gasteiger charge is 2.27. The summed E-state index contributed by atoms with van der Waals surface area (Å²) in [4.78, 5) is 0. The number of rotatable bonds is 3. The summed E-state index contributed by atoms with van der Waals surface area (Å²) >= 11 is 0. The summed E-state index contributed by atoms with van der Waals surface area (Å²) in [7, 11) is 0. The number of hydrogen-bond acceptors (Lipinski definition) is 0. The fourth-order valence-corrected chi connectivity index (χ4v) is 2.79. The maximum atomic E-state index is 2.37. The second kappa shape index (κ2) is 6.06. The molecule has 0 saturated heterocycles. The van der Waals surface area contributed by atoms with Crippen molar-refractivity contribution in [2.45, 2.75) is 40.0 Å². The molecule has 1 aliphatic carbocycles. The molecule has 0 saturated carbocycles. The van der Waals surface area contributed by atoms with Crippen LogP contribution in [0.15, 0.2) is 59.7 Å². The van der Waals surface area contributed by atoms with Crippen LogP contribution in [-0.4, -0.2) is 0 Å². The highest BCUT2D eigenvalue weighted by Crippen LogP contribution is 2.41. The normalized spacial score (nSPS) is 24.6. The van der Waals surface area contributed by atoms with Crippen LogP contribution in [0.4, 0.5) is 0 Å². The minimum absolute atomic E-state index is 0.253. The van der Waals surface area contributed by atoms with Crippen molar-refractivity contribution in [3.8, 4) is 0 Å². The molecule has 0 heteroatoms. The summed E-state index contributed by atoms with van der Waals surface area (Å²) in [6.45, 7) is 6.93. The van der Waals surface area contributed by atoms with Gasteiger partial charge in [0.15, 0.2) is 0 Å². The minimum atomic E-state index is 0.253. The summed E-state index contributed by atoms with van der Waals surface area (Å²) < 4.78 is 0. The number of hydrogen-bond donors (Lipinski definition) is 0. The summed E-state index contributed by atoms with van der Waals surface area (Å²) in [6, 6.07) is 10.4. The van der Waals surface area contributed by atoms with E-state index in [2.05, 4.69) is 69.3 Å². The third-order valence-corrected chi connectivity index (χ3v) is 4.41. The first-order valence-corrected chi connectivity index (χ1v) is 7.20. The first kappa shape index (κ1) is 13.9. The molecule has 0 radical (unpaired) electrons. The first-order valence-electron chi connectivity index (χ1n) is 7.20. The van der Waals surface area contributed by atoms with E-state index in [4.69, 9.17) is 0 Å². The van der Waals surface area contributed by atoms with Gasteiger partial charge in [0.2, 0.25) is 0 Å². The maximum Gasteiger partial charge on any atom is 0.00655 e. The Balaban J connectivity index is 2.07. The lowest BCUT2D eigenvalue weighted by Crippen LogP contribution is -2.19. The zero-order valence-corrected chi connectivity index (χ0v) is 12.3. The van der Waals surface area contributed by atoms with Gasteiger partial charge in [-0.3, -0.25) is 0 Å². The molecular weight excluding hydrogens is 228 g/mol. The Labute approximate surface area is 117 Å². The Morgan fingerprint density at radius 3 is 2.53 bits per heavy atom. The van der Waals surface area contributed by atoms with Crippen molar-refractivity contribution in [1.29, 1.82) is 0 Å². The maximum absolute atomic E-state index is 2.37. The van der Waals surface area contributed by atoms with Gasteiger partial charge in [-0.05, 0) is 38.7 Å². The van der Waals surface area contributed by atoms with E-state index in [0.717, 1.165) is 0 Å². The SMILES string of the molecule is CC1=C(C)C(C)(C=CC=Cc2ccccc2)CCC1. The van der Waals surface area contributed by atoms with Gasteiger partial charge in [-0.1, -0.05) is 72.7 Å². The van der Waals surface area contributed by atoms with Gasteiger partial charge in [-0.2, -0.15) is 0 Å². The predicted molar refractivity (Wildman–Crippen MR) is 84.9 cm³/mol. The topological polar surface area (TPSA) is 0 Å². The van der Waals surface area contributed by atoms with Gasteiger partial charge in [-0.15, -0.1) is 0 Å². The third kappa shape index (κ3) is 3.47. The average molecular weight is 252 g/mol. The monoisotopic (exact) mass is 252 g/mol. The van der Waals surface area contributed by atoms with Crippen LogP contribution in [0.5, 0.6) is 0 Å². The molecule has 0 aliphatic heterocycles. The number of benzene rings is 1. The molecule has 0 nitrogen and oxygen atoms in total. The Hall–Kier alpha value is -1.56. The molecule has 2 rings (SSSR count). The van der Waals surface area contributed by atoms with Crippen molar-refractivity contribution in [3.63, 3.8) is 0 Å². The summed E-state index contributed by atoms with van der Waals surface area (Å²) in [6.07, 6.45) is 12.7. The summed E-state index contributed by atoms with van der Waals surface area (Å²) in [5.41, 5.74) is 4.64. The van der Waals surface area contributed by atoms with E-state index in [1.165, 1.54) is 24.8 Å². The minimum Gasteiger partial charge on any atom is -0.0745 e. The van der Waals surface area contributed by atoms with Crippen molar-refractivity contribution >= 4 is 6.08 Å². The molecule has 0 fully saturated rings. The molecule has 0 aromatic heterocycles. The molecule has 0 heterocycles. The zero-order chi connectivity index (χ0) is 13.7. The molecule has 1 aromatic rings. The van der Waals surface area contributed by atoms with E-state index in [1.54, 1.807) is 11.1 Å². The summed E-state index contributed by atoms with van der Waals surface area (Å²) in [5, 5.41) is 0.